The Balaban J connectivity index is 2.05. The van der Waals surface area contributed by atoms with Crippen LogP contribution >= 0.6 is 11.6 Å². The minimum absolute atomic E-state index is 0.0845. The Morgan fingerprint density at radius 1 is 1.17 bits per heavy atom. The quantitative estimate of drug-likeness (QED) is 0.635. The highest BCUT2D eigenvalue weighted by molar-refractivity contribution is 6.30. The van der Waals surface area contributed by atoms with Crippen molar-refractivity contribution < 1.29 is 4.79 Å². The highest BCUT2D eigenvalue weighted by Crippen LogP contribution is 2.16. The molecule has 2 aromatic rings. The summed E-state index contributed by atoms with van der Waals surface area (Å²) < 4.78 is 0. The molecule has 24 heavy (non-hydrogen) atoms. The minimum Gasteiger partial charge on any atom is -0.347 e. The highest BCUT2D eigenvalue weighted by Gasteiger charge is 2.09. The van der Waals surface area contributed by atoms with Gasteiger partial charge in [0, 0.05) is 11.6 Å². The van der Waals surface area contributed by atoms with Crippen molar-refractivity contribution in [3.8, 4) is 6.07 Å². The fourth-order valence-electron chi connectivity index (χ4n) is 2.17. The molecule has 0 spiro atoms. The van der Waals surface area contributed by atoms with Crippen LogP contribution in [0.2, 0.25) is 5.02 Å². The first-order valence-corrected chi connectivity index (χ1v) is 8.12. The van der Waals surface area contributed by atoms with E-state index in [1.807, 2.05) is 42.5 Å². The van der Waals surface area contributed by atoms with Gasteiger partial charge in [-0.3, -0.25) is 4.79 Å². The number of hydrogen-bond acceptors (Lipinski definition) is 2. The molecule has 0 aromatic heterocycles. The first-order valence-electron chi connectivity index (χ1n) is 7.74. The molecule has 122 valence electrons. The number of halogens is 1. The smallest absolute Gasteiger partial charge is 0.262 e. The Morgan fingerprint density at radius 3 is 2.33 bits per heavy atom. The average Bonchev–Trinajstić information content (AvgIpc) is 2.59. The van der Waals surface area contributed by atoms with Crippen molar-refractivity contribution in [2.45, 2.75) is 26.3 Å². The van der Waals surface area contributed by atoms with E-state index in [9.17, 15) is 10.1 Å². The molecule has 2 rings (SSSR count). The third-order valence-electron chi connectivity index (χ3n) is 3.65. The van der Waals surface area contributed by atoms with Crippen molar-refractivity contribution in [1.82, 2.24) is 5.32 Å². The van der Waals surface area contributed by atoms with Gasteiger partial charge in [-0.1, -0.05) is 61.8 Å². The Kier molecular flexibility index (Phi) is 6.17. The van der Waals surface area contributed by atoms with E-state index in [2.05, 4.69) is 19.2 Å². The molecule has 3 nitrogen and oxygen atoms in total. The van der Waals surface area contributed by atoms with Crippen molar-refractivity contribution in [2.24, 2.45) is 0 Å². The lowest BCUT2D eigenvalue weighted by molar-refractivity contribution is -0.117. The van der Waals surface area contributed by atoms with E-state index in [-0.39, 0.29) is 11.5 Å². The van der Waals surface area contributed by atoms with Crippen molar-refractivity contribution in [3.05, 3.63) is 75.8 Å². The molecule has 2 aromatic carbocycles. The van der Waals surface area contributed by atoms with Crippen LogP contribution in [0.25, 0.3) is 6.08 Å². The van der Waals surface area contributed by atoms with E-state index in [1.54, 1.807) is 18.2 Å². The Bertz CT molecular complexity index is 769. The summed E-state index contributed by atoms with van der Waals surface area (Å²) in [5.74, 6) is 0.0570. The van der Waals surface area contributed by atoms with Crippen LogP contribution in [0.5, 0.6) is 0 Å². The van der Waals surface area contributed by atoms with E-state index < -0.39 is 0 Å². The number of nitrogens with zero attached hydrogens (tertiary/aromatic N) is 1. The lowest BCUT2D eigenvalue weighted by Crippen LogP contribution is -2.23. The summed E-state index contributed by atoms with van der Waals surface area (Å²) in [6, 6.07) is 17.0. The van der Waals surface area contributed by atoms with Gasteiger partial charge < -0.3 is 5.32 Å². The highest BCUT2D eigenvalue weighted by atomic mass is 35.5. The fraction of sp³-hybridized carbons (Fsp3) is 0.200. The van der Waals surface area contributed by atoms with Crippen LogP contribution < -0.4 is 5.32 Å². The maximum absolute atomic E-state index is 12.2. The molecule has 0 aliphatic heterocycles. The van der Waals surface area contributed by atoms with Crippen LogP contribution in [0, 0.1) is 11.3 Å². The molecular formula is C20H19ClN2O. The van der Waals surface area contributed by atoms with Crippen molar-refractivity contribution >= 4 is 23.6 Å². The standard InChI is InChI=1S/C20H19ClN2O/c1-14(2)17-7-3-15(4-8-17)11-18(12-22)20(24)23-13-16-5-9-19(21)10-6-16/h3-11,14H,13H2,1-2H3,(H,23,24)/b18-11+. The predicted octanol–water partition coefficient (Wildman–Crippen LogP) is 4.69. The number of carbonyl (C=O) groups is 1. The summed E-state index contributed by atoms with van der Waals surface area (Å²) in [5.41, 5.74) is 3.06. The Hall–Kier alpha value is -2.57. The second kappa shape index (κ2) is 8.33. The molecule has 0 heterocycles. The molecule has 0 saturated carbocycles. The number of hydrogen-bond donors (Lipinski definition) is 1. The van der Waals surface area contributed by atoms with Gasteiger partial charge in [0.2, 0.25) is 0 Å². The molecule has 0 radical (unpaired) electrons. The van der Waals surface area contributed by atoms with Gasteiger partial charge in [0.1, 0.15) is 11.6 Å². The van der Waals surface area contributed by atoms with Crippen LogP contribution in [0.3, 0.4) is 0 Å². The normalized spacial score (nSPS) is 11.2. The van der Waals surface area contributed by atoms with Crippen LogP contribution in [0.1, 0.15) is 36.5 Å². The maximum atomic E-state index is 12.2. The lowest BCUT2D eigenvalue weighted by atomic mass is 10.0. The van der Waals surface area contributed by atoms with Crippen molar-refractivity contribution in [2.75, 3.05) is 0 Å². The van der Waals surface area contributed by atoms with E-state index >= 15 is 0 Å². The lowest BCUT2D eigenvalue weighted by Gasteiger charge is -2.06. The van der Waals surface area contributed by atoms with Gasteiger partial charge in [-0.2, -0.15) is 5.26 Å². The van der Waals surface area contributed by atoms with Crippen molar-refractivity contribution in [3.63, 3.8) is 0 Å². The summed E-state index contributed by atoms with van der Waals surface area (Å²) in [4.78, 5) is 12.2. The van der Waals surface area contributed by atoms with Gasteiger partial charge >= 0.3 is 0 Å². The Labute approximate surface area is 147 Å². The maximum Gasteiger partial charge on any atom is 0.262 e. The number of carbonyl (C=O) groups excluding carboxylic acids is 1. The van der Waals surface area contributed by atoms with Gasteiger partial charge in [-0.05, 0) is 40.8 Å². The third kappa shape index (κ3) is 4.97. The Morgan fingerprint density at radius 2 is 1.79 bits per heavy atom. The van der Waals surface area contributed by atoms with E-state index in [0.29, 0.717) is 17.5 Å². The molecule has 0 aliphatic rings. The zero-order chi connectivity index (χ0) is 17.5. The number of amides is 1. The summed E-state index contributed by atoms with van der Waals surface area (Å²) in [6.45, 7) is 4.59. The van der Waals surface area contributed by atoms with Crippen LogP contribution in [0.4, 0.5) is 0 Å². The molecule has 0 aliphatic carbocycles. The summed E-state index contributed by atoms with van der Waals surface area (Å²) in [7, 11) is 0. The van der Waals surface area contributed by atoms with Gasteiger partial charge in [0.15, 0.2) is 0 Å². The first kappa shape index (κ1) is 17.8. The van der Waals surface area contributed by atoms with Crippen LogP contribution in [0.15, 0.2) is 54.1 Å². The van der Waals surface area contributed by atoms with Crippen LogP contribution in [-0.4, -0.2) is 5.91 Å². The molecule has 0 saturated heterocycles. The zero-order valence-electron chi connectivity index (χ0n) is 13.7. The largest absolute Gasteiger partial charge is 0.347 e. The SMILES string of the molecule is CC(C)c1ccc(/C=C(\C#N)C(=O)NCc2ccc(Cl)cc2)cc1. The second-order valence-corrected chi connectivity index (χ2v) is 6.24. The molecule has 1 amide bonds. The average molecular weight is 339 g/mol. The van der Waals surface area contributed by atoms with Gasteiger partial charge in [0.05, 0.1) is 0 Å². The topological polar surface area (TPSA) is 52.9 Å². The molecule has 4 heteroatoms. The van der Waals surface area contributed by atoms with E-state index in [4.69, 9.17) is 11.6 Å². The zero-order valence-corrected chi connectivity index (χ0v) is 14.5. The number of rotatable bonds is 5. The monoisotopic (exact) mass is 338 g/mol. The molecular weight excluding hydrogens is 320 g/mol. The summed E-state index contributed by atoms with van der Waals surface area (Å²) in [6.07, 6.45) is 1.60. The molecule has 0 bridgehead atoms. The van der Waals surface area contributed by atoms with E-state index in [0.717, 1.165) is 11.1 Å². The minimum atomic E-state index is -0.389. The van der Waals surface area contributed by atoms with Crippen molar-refractivity contribution in [1.29, 1.82) is 5.26 Å². The number of nitrogens with one attached hydrogen (secondary N) is 1. The molecule has 0 unspecified atom stereocenters. The predicted molar refractivity (Wildman–Crippen MR) is 97.4 cm³/mol. The van der Waals surface area contributed by atoms with Gasteiger partial charge in [0.25, 0.3) is 5.91 Å². The van der Waals surface area contributed by atoms with Gasteiger partial charge in [-0.15, -0.1) is 0 Å². The molecule has 0 atom stereocenters. The molecule has 1 N–H and O–H groups in total. The number of benzene rings is 2. The fourth-order valence-corrected chi connectivity index (χ4v) is 2.30. The van der Waals surface area contributed by atoms with E-state index in [1.165, 1.54) is 5.56 Å². The molecule has 0 fully saturated rings. The number of nitriles is 1. The van der Waals surface area contributed by atoms with Gasteiger partial charge in [-0.25, -0.2) is 0 Å². The summed E-state index contributed by atoms with van der Waals surface area (Å²) in [5, 5.41) is 12.6. The summed E-state index contributed by atoms with van der Waals surface area (Å²) >= 11 is 5.83. The second-order valence-electron chi connectivity index (χ2n) is 5.80. The first-order chi connectivity index (χ1) is 11.5. The third-order valence-corrected chi connectivity index (χ3v) is 3.90. The van der Waals surface area contributed by atoms with Crippen LogP contribution in [-0.2, 0) is 11.3 Å².